The molecule has 0 spiro atoms. The summed E-state index contributed by atoms with van der Waals surface area (Å²) in [6.45, 7) is 5.70. The summed E-state index contributed by atoms with van der Waals surface area (Å²) < 4.78 is 1.48. The van der Waals surface area contributed by atoms with Gasteiger partial charge in [0.25, 0.3) is 5.56 Å². The number of rotatable bonds is 5. The topological polar surface area (TPSA) is 76.9 Å². The van der Waals surface area contributed by atoms with Crippen LogP contribution in [0.15, 0.2) is 76.8 Å². The second kappa shape index (κ2) is 8.73. The van der Waals surface area contributed by atoms with Crippen LogP contribution in [0.5, 0.6) is 0 Å². The SMILES string of the molecule is Cc1ccc(-n2c(SC(C)C(=O)Nc3cccc(C)c3)nc3ccccc3c2=O)nc1. The number of benzene rings is 2. The molecule has 1 atom stereocenters. The van der Waals surface area contributed by atoms with Crippen LogP contribution in [0, 0.1) is 13.8 Å². The zero-order valence-electron chi connectivity index (χ0n) is 17.5. The molecule has 2 aromatic heterocycles. The molecule has 0 saturated heterocycles. The Bertz CT molecular complexity index is 1320. The number of amides is 1. The number of carbonyl (C=O) groups excluding carboxylic acids is 1. The predicted octanol–water partition coefficient (Wildman–Crippen LogP) is 4.52. The molecule has 0 saturated carbocycles. The molecule has 0 fully saturated rings. The van der Waals surface area contributed by atoms with E-state index in [2.05, 4.69) is 15.3 Å². The van der Waals surface area contributed by atoms with Crippen LogP contribution in [0.2, 0.25) is 0 Å². The van der Waals surface area contributed by atoms with Crippen molar-refractivity contribution in [2.24, 2.45) is 0 Å². The van der Waals surface area contributed by atoms with Gasteiger partial charge in [-0.3, -0.25) is 9.59 Å². The summed E-state index contributed by atoms with van der Waals surface area (Å²) in [4.78, 5) is 35.2. The third kappa shape index (κ3) is 4.51. The van der Waals surface area contributed by atoms with E-state index in [9.17, 15) is 9.59 Å². The lowest BCUT2D eigenvalue weighted by molar-refractivity contribution is -0.115. The van der Waals surface area contributed by atoms with E-state index in [1.807, 2.05) is 56.3 Å². The number of nitrogens with zero attached hydrogens (tertiary/aromatic N) is 3. The zero-order chi connectivity index (χ0) is 22.0. The Morgan fingerprint density at radius 2 is 1.84 bits per heavy atom. The van der Waals surface area contributed by atoms with E-state index >= 15 is 0 Å². The lowest BCUT2D eigenvalue weighted by atomic mass is 10.2. The fourth-order valence-electron chi connectivity index (χ4n) is 3.16. The van der Waals surface area contributed by atoms with Crippen molar-refractivity contribution in [3.8, 4) is 5.82 Å². The summed E-state index contributed by atoms with van der Waals surface area (Å²) in [6, 6.07) is 18.5. The van der Waals surface area contributed by atoms with Gasteiger partial charge in [-0.05, 0) is 62.2 Å². The van der Waals surface area contributed by atoms with E-state index in [4.69, 9.17) is 0 Å². The lowest BCUT2D eigenvalue weighted by Crippen LogP contribution is -2.26. The van der Waals surface area contributed by atoms with Gasteiger partial charge in [0.15, 0.2) is 5.16 Å². The van der Waals surface area contributed by atoms with E-state index < -0.39 is 5.25 Å². The first-order chi connectivity index (χ1) is 14.9. The number of anilines is 1. The van der Waals surface area contributed by atoms with Crippen LogP contribution in [0.3, 0.4) is 0 Å². The number of fused-ring (bicyclic) bond motifs is 1. The summed E-state index contributed by atoms with van der Waals surface area (Å²) in [5.41, 5.74) is 3.17. The summed E-state index contributed by atoms with van der Waals surface area (Å²) in [5.74, 6) is 0.309. The second-order valence-electron chi connectivity index (χ2n) is 7.36. The van der Waals surface area contributed by atoms with Crippen LogP contribution in [0.1, 0.15) is 18.1 Å². The quantitative estimate of drug-likeness (QED) is 0.372. The average Bonchev–Trinajstić information content (AvgIpc) is 2.75. The Morgan fingerprint density at radius 3 is 2.58 bits per heavy atom. The van der Waals surface area contributed by atoms with Crippen molar-refractivity contribution in [1.29, 1.82) is 0 Å². The maximum absolute atomic E-state index is 13.3. The highest BCUT2D eigenvalue weighted by Crippen LogP contribution is 2.25. The first-order valence-corrected chi connectivity index (χ1v) is 10.8. The highest BCUT2D eigenvalue weighted by atomic mass is 32.2. The Labute approximate surface area is 184 Å². The lowest BCUT2D eigenvalue weighted by Gasteiger charge is -2.16. The molecule has 0 aliphatic carbocycles. The highest BCUT2D eigenvalue weighted by Gasteiger charge is 2.21. The van der Waals surface area contributed by atoms with Gasteiger partial charge in [-0.25, -0.2) is 14.5 Å². The molecule has 1 unspecified atom stereocenters. The van der Waals surface area contributed by atoms with E-state index in [-0.39, 0.29) is 11.5 Å². The normalized spacial score (nSPS) is 12.0. The zero-order valence-corrected chi connectivity index (χ0v) is 18.3. The molecule has 0 radical (unpaired) electrons. The van der Waals surface area contributed by atoms with E-state index in [1.165, 1.54) is 16.3 Å². The molecule has 4 aromatic rings. The first-order valence-electron chi connectivity index (χ1n) is 9.91. The minimum Gasteiger partial charge on any atom is -0.325 e. The van der Waals surface area contributed by atoms with Crippen molar-refractivity contribution in [3.63, 3.8) is 0 Å². The van der Waals surface area contributed by atoms with Gasteiger partial charge in [0.1, 0.15) is 5.82 Å². The number of pyridine rings is 1. The molecule has 0 aliphatic rings. The Morgan fingerprint density at radius 1 is 1.03 bits per heavy atom. The fourth-order valence-corrected chi connectivity index (χ4v) is 4.08. The Hall–Kier alpha value is -3.45. The number of hydrogen-bond acceptors (Lipinski definition) is 5. The number of aryl methyl sites for hydroxylation is 2. The van der Waals surface area contributed by atoms with Crippen LogP contribution >= 0.6 is 11.8 Å². The molecule has 1 amide bonds. The molecule has 0 bridgehead atoms. The molecule has 0 aliphatic heterocycles. The smallest absolute Gasteiger partial charge is 0.267 e. The van der Waals surface area contributed by atoms with Crippen molar-refractivity contribution in [3.05, 3.63) is 88.3 Å². The first kappa shape index (κ1) is 20.8. The summed E-state index contributed by atoms with van der Waals surface area (Å²) >= 11 is 1.23. The molecule has 1 N–H and O–H groups in total. The fraction of sp³-hybridized carbons (Fsp3) is 0.167. The van der Waals surface area contributed by atoms with Gasteiger partial charge in [0, 0.05) is 11.9 Å². The van der Waals surface area contributed by atoms with Crippen LogP contribution < -0.4 is 10.9 Å². The van der Waals surface area contributed by atoms with Crippen molar-refractivity contribution in [2.75, 3.05) is 5.32 Å². The van der Waals surface area contributed by atoms with Crippen LogP contribution in [-0.2, 0) is 4.79 Å². The second-order valence-corrected chi connectivity index (χ2v) is 8.67. The van der Waals surface area contributed by atoms with Crippen molar-refractivity contribution in [2.45, 2.75) is 31.2 Å². The highest BCUT2D eigenvalue weighted by molar-refractivity contribution is 8.00. The molecular formula is C24H22N4O2S. The molecule has 31 heavy (non-hydrogen) atoms. The van der Waals surface area contributed by atoms with E-state index in [0.29, 0.717) is 21.9 Å². The molecule has 156 valence electrons. The number of hydrogen-bond donors (Lipinski definition) is 1. The van der Waals surface area contributed by atoms with Crippen LogP contribution in [-0.4, -0.2) is 25.7 Å². The summed E-state index contributed by atoms with van der Waals surface area (Å²) in [6.07, 6.45) is 1.71. The van der Waals surface area contributed by atoms with Gasteiger partial charge in [-0.15, -0.1) is 0 Å². The molecule has 2 aromatic carbocycles. The number of para-hydroxylation sites is 1. The minimum atomic E-state index is -0.481. The number of carbonyl (C=O) groups is 1. The third-order valence-corrected chi connectivity index (χ3v) is 5.86. The monoisotopic (exact) mass is 430 g/mol. The third-order valence-electron chi connectivity index (χ3n) is 4.81. The van der Waals surface area contributed by atoms with Gasteiger partial charge in [-0.2, -0.15) is 0 Å². The molecule has 6 nitrogen and oxygen atoms in total. The van der Waals surface area contributed by atoms with Gasteiger partial charge in [0.05, 0.1) is 16.2 Å². The summed E-state index contributed by atoms with van der Waals surface area (Å²) in [7, 11) is 0. The number of aromatic nitrogens is 3. The van der Waals surface area contributed by atoms with Gasteiger partial charge in [-0.1, -0.05) is 42.1 Å². The minimum absolute atomic E-state index is 0.165. The summed E-state index contributed by atoms with van der Waals surface area (Å²) in [5, 5.41) is 3.38. The largest absolute Gasteiger partial charge is 0.325 e. The average molecular weight is 431 g/mol. The van der Waals surface area contributed by atoms with E-state index in [0.717, 1.165) is 16.8 Å². The van der Waals surface area contributed by atoms with Crippen molar-refractivity contribution < 1.29 is 4.79 Å². The predicted molar refractivity (Wildman–Crippen MR) is 125 cm³/mol. The van der Waals surface area contributed by atoms with Crippen LogP contribution in [0.4, 0.5) is 5.69 Å². The maximum Gasteiger partial charge on any atom is 0.267 e. The van der Waals surface area contributed by atoms with Crippen molar-refractivity contribution in [1.82, 2.24) is 14.5 Å². The van der Waals surface area contributed by atoms with Gasteiger partial charge < -0.3 is 5.32 Å². The maximum atomic E-state index is 13.3. The standard InChI is InChI=1S/C24H22N4O2S/c1-15-7-6-8-18(13-15)26-22(29)17(3)31-24-27-20-10-5-4-9-19(20)23(30)28(24)21-12-11-16(2)14-25-21/h4-14,17H,1-3H3,(H,26,29). The van der Waals surface area contributed by atoms with E-state index in [1.54, 1.807) is 31.3 Å². The molecular weight excluding hydrogens is 408 g/mol. The van der Waals surface area contributed by atoms with Gasteiger partial charge in [0.2, 0.25) is 5.91 Å². The molecule has 2 heterocycles. The number of thioether (sulfide) groups is 1. The Balaban J connectivity index is 1.72. The van der Waals surface area contributed by atoms with Crippen LogP contribution in [0.25, 0.3) is 16.7 Å². The molecule has 4 rings (SSSR count). The molecule has 7 heteroatoms. The number of nitrogens with one attached hydrogen (secondary N) is 1. The van der Waals surface area contributed by atoms with Gasteiger partial charge >= 0.3 is 0 Å². The van der Waals surface area contributed by atoms with Crippen molar-refractivity contribution >= 4 is 34.3 Å². The Kier molecular flexibility index (Phi) is 5.86.